The van der Waals surface area contributed by atoms with Crippen molar-refractivity contribution in [1.29, 1.82) is 0 Å². The van der Waals surface area contributed by atoms with Gasteiger partial charge in [0.1, 0.15) is 0 Å². The Bertz CT molecular complexity index is 1280. The van der Waals surface area contributed by atoms with E-state index in [4.69, 9.17) is 12.2 Å². The Morgan fingerprint density at radius 1 is 0.971 bits per heavy atom. The fourth-order valence-electron chi connectivity index (χ4n) is 4.47. The van der Waals surface area contributed by atoms with Crippen LogP contribution in [0.3, 0.4) is 0 Å². The van der Waals surface area contributed by atoms with Crippen LogP contribution in [-0.4, -0.2) is 36.8 Å². The zero-order valence-corrected chi connectivity index (χ0v) is 20.8. The second-order valence-electron chi connectivity index (χ2n) is 8.65. The first-order chi connectivity index (χ1) is 16.3. The fourth-order valence-corrected chi connectivity index (χ4v) is 6.12. The maximum absolute atomic E-state index is 13.0. The molecule has 0 aliphatic heterocycles. The lowest BCUT2D eigenvalue weighted by Crippen LogP contribution is -2.38. The minimum Gasteiger partial charge on any atom is -0.332 e. The lowest BCUT2D eigenvalue weighted by Gasteiger charge is -2.30. The third-order valence-electron chi connectivity index (χ3n) is 6.36. The number of amides is 1. The normalized spacial score (nSPS) is 14.8. The van der Waals surface area contributed by atoms with Crippen molar-refractivity contribution >= 4 is 49.7 Å². The van der Waals surface area contributed by atoms with Gasteiger partial charge < -0.3 is 10.6 Å². The molecule has 0 radical (unpaired) electrons. The molecule has 0 spiro atoms. The molecular formula is C26H29N3O3S2. The van der Waals surface area contributed by atoms with Gasteiger partial charge >= 0.3 is 0 Å². The van der Waals surface area contributed by atoms with E-state index in [1.165, 1.54) is 10.7 Å². The van der Waals surface area contributed by atoms with Gasteiger partial charge in [0, 0.05) is 18.8 Å². The summed E-state index contributed by atoms with van der Waals surface area (Å²) in [6, 6.07) is 20.3. The van der Waals surface area contributed by atoms with E-state index in [-0.39, 0.29) is 28.4 Å². The van der Waals surface area contributed by atoms with Crippen molar-refractivity contribution in [2.24, 2.45) is 0 Å². The number of carbonyl (C=O) groups excluding carboxylic acids is 1. The van der Waals surface area contributed by atoms with Gasteiger partial charge in [-0.05, 0) is 65.7 Å². The number of anilines is 1. The number of hydrogen-bond donors (Lipinski definition) is 2. The number of fused-ring (bicyclic) bond motifs is 1. The highest BCUT2D eigenvalue weighted by molar-refractivity contribution is 7.89. The third kappa shape index (κ3) is 5.63. The number of benzene rings is 3. The average Bonchev–Trinajstić information content (AvgIpc) is 2.84. The maximum Gasteiger partial charge on any atom is 0.243 e. The van der Waals surface area contributed by atoms with E-state index in [2.05, 4.69) is 10.6 Å². The van der Waals surface area contributed by atoms with E-state index >= 15 is 0 Å². The van der Waals surface area contributed by atoms with Crippen molar-refractivity contribution in [3.05, 3.63) is 72.3 Å². The minimum absolute atomic E-state index is 0.0566. The second kappa shape index (κ2) is 10.6. The summed E-state index contributed by atoms with van der Waals surface area (Å²) < 4.78 is 27.5. The molecular weight excluding hydrogens is 466 g/mol. The fraction of sp³-hybridized carbons (Fsp3) is 0.308. The third-order valence-corrected chi connectivity index (χ3v) is 8.49. The summed E-state index contributed by atoms with van der Waals surface area (Å²) in [5, 5.41) is 7.94. The molecule has 4 rings (SSSR count). The van der Waals surface area contributed by atoms with Gasteiger partial charge in [0.2, 0.25) is 15.9 Å². The highest BCUT2D eigenvalue weighted by atomic mass is 32.2. The summed E-state index contributed by atoms with van der Waals surface area (Å²) >= 11 is 5.29. The Labute approximate surface area is 206 Å². The van der Waals surface area contributed by atoms with Crippen LogP contribution in [0.2, 0.25) is 0 Å². The molecule has 0 bridgehead atoms. The summed E-state index contributed by atoms with van der Waals surface area (Å²) in [6.07, 6.45) is 5.31. The zero-order chi connectivity index (χ0) is 24.1. The van der Waals surface area contributed by atoms with Crippen molar-refractivity contribution in [2.75, 3.05) is 12.4 Å². The van der Waals surface area contributed by atoms with Crippen LogP contribution in [-0.2, 0) is 21.2 Å². The van der Waals surface area contributed by atoms with Crippen molar-refractivity contribution in [2.45, 2.75) is 49.5 Å². The van der Waals surface area contributed by atoms with Crippen molar-refractivity contribution in [3.8, 4) is 0 Å². The van der Waals surface area contributed by atoms with Crippen LogP contribution < -0.4 is 10.6 Å². The molecule has 2 N–H and O–H groups in total. The van der Waals surface area contributed by atoms with E-state index in [1.807, 2.05) is 42.5 Å². The van der Waals surface area contributed by atoms with Crippen molar-refractivity contribution < 1.29 is 13.2 Å². The zero-order valence-electron chi connectivity index (χ0n) is 19.2. The Hall–Kier alpha value is -2.81. The van der Waals surface area contributed by atoms with Crippen molar-refractivity contribution in [1.82, 2.24) is 9.62 Å². The van der Waals surface area contributed by atoms with Gasteiger partial charge in [-0.25, -0.2) is 8.42 Å². The highest BCUT2D eigenvalue weighted by Crippen LogP contribution is 2.27. The lowest BCUT2D eigenvalue weighted by molar-refractivity contribution is -0.119. The topological polar surface area (TPSA) is 78.5 Å². The van der Waals surface area contributed by atoms with E-state index in [9.17, 15) is 13.2 Å². The molecule has 0 heterocycles. The summed E-state index contributed by atoms with van der Waals surface area (Å²) in [5.74, 6) is -0.220. The quantitative estimate of drug-likeness (QED) is 0.478. The molecule has 3 aromatic carbocycles. The molecule has 178 valence electrons. The first-order valence-electron chi connectivity index (χ1n) is 11.5. The molecule has 1 aliphatic rings. The molecule has 0 saturated heterocycles. The monoisotopic (exact) mass is 495 g/mol. The van der Waals surface area contributed by atoms with Gasteiger partial charge in [-0.3, -0.25) is 4.79 Å². The van der Waals surface area contributed by atoms with Crippen LogP contribution >= 0.6 is 12.2 Å². The van der Waals surface area contributed by atoms with Crippen LogP contribution in [0.1, 0.15) is 37.7 Å². The molecule has 6 nitrogen and oxygen atoms in total. The molecule has 8 heteroatoms. The lowest BCUT2D eigenvalue weighted by atomic mass is 9.96. The predicted molar refractivity (Wildman–Crippen MR) is 140 cm³/mol. The van der Waals surface area contributed by atoms with Gasteiger partial charge in [0.05, 0.1) is 11.3 Å². The highest BCUT2D eigenvalue weighted by Gasteiger charge is 2.28. The molecule has 0 unspecified atom stereocenters. The van der Waals surface area contributed by atoms with E-state index in [0.717, 1.165) is 42.0 Å². The first kappa shape index (κ1) is 24.3. The van der Waals surface area contributed by atoms with Crippen LogP contribution in [0.4, 0.5) is 5.69 Å². The molecule has 1 saturated carbocycles. The maximum atomic E-state index is 13.0. The Balaban J connectivity index is 1.35. The minimum atomic E-state index is -3.55. The number of nitrogens with one attached hydrogen (secondary N) is 2. The van der Waals surface area contributed by atoms with E-state index < -0.39 is 10.0 Å². The Morgan fingerprint density at radius 2 is 1.65 bits per heavy atom. The van der Waals surface area contributed by atoms with Gasteiger partial charge in [-0.1, -0.05) is 61.7 Å². The molecule has 0 aromatic heterocycles. The number of thiocarbonyl (C=S) groups is 1. The van der Waals surface area contributed by atoms with Crippen LogP contribution in [0.15, 0.2) is 71.6 Å². The summed E-state index contributed by atoms with van der Waals surface area (Å²) in [5.41, 5.74) is 1.53. The largest absolute Gasteiger partial charge is 0.332 e. The van der Waals surface area contributed by atoms with Gasteiger partial charge in [-0.15, -0.1) is 0 Å². The van der Waals surface area contributed by atoms with Crippen LogP contribution in [0, 0.1) is 0 Å². The molecule has 1 amide bonds. The molecule has 34 heavy (non-hydrogen) atoms. The first-order valence-corrected chi connectivity index (χ1v) is 13.3. The standard InChI is InChI=1S/C26H29N3O3S2/c1-29(22-11-3-2-4-12-22)34(31,32)23-16-14-21(15-17-23)27-26(33)28-25(30)18-20-10-7-9-19-8-5-6-13-24(19)20/h5-10,13-17,22H,2-4,11-12,18H2,1H3,(H2,27,28,30,33). The number of hydrogen-bond acceptors (Lipinski definition) is 4. The summed E-state index contributed by atoms with van der Waals surface area (Å²) in [7, 11) is -1.89. The van der Waals surface area contributed by atoms with Gasteiger partial charge in [-0.2, -0.15) is 4.31 Å². The predicted octanol–water partition coefficient (Wildman–Crippen LogP) is 4.85. The summed E-state index contributed by atoms with van der Waals surface area (Å²) in [4.78, 5) is 12.8. The molecule has 0 atom stereocenters. The number of rotatable bonds is 6. The molecule has 1 aliphatic carbocycles. The van der Waals surface area contributed by atoms with Gasteiger partial charge in [0.25, 0.3) is 0 Å². The smallest absolute Gasteiger partial charge is 0.243 e. The van der Waals surface area contributed by atoms with Crippen molar-refractivity contribution in [3.63, 3.8) is 0 Å². The summed E-state index contributed by atoms with van der Waals surface area (Å²) in [6.45, 7) is 0. The average molecular weight is 496 g/mol. The Kier molecular flexibility index (Phi) is 7.60. The number of nitrogens with zero attached hydrogens (tertiary/aromatic N) is 1. The van der Waals surface area contributed by atoms with E-state index in [0.29, 0.717) is 5.69 Å². The molecule has 1 fully saturated rings. The number of sulfonamides is 1. The van der Waals surface area contributed by atoms with Crippen LogP contribution in [0.25, 0.3) is 10.8 Å². The van der Waals surface area contributed by atoms with Crippen LogP contribution in [0.5, 0.6) is 0 Å². The SMILES string of the molecule is CN(C1CCCCC1)S(=O)(=O)c1ccc(NC(=S)NC(=O)Cc2cccc3ccccc23)cc1. The number of carbonyl (C=O) groups is 1. The second-order valence-corrected chi connectivity index (χ2v) is 11.1. The Morgan fingerprint density at radius 3 is 2.38 bits per heavy atom. The van der Waals surface area contributed by atoms with E-state index in [1.54, 1.807) is 31.3 Å². The molecule has 3 aromatic rings. The van der Waals surface area contributed by atoms with Gasteiger partial charge in [0.15, 0.2) is 5.11 Å².